The lowest BCUT2D eigenvalue weighted by atomic mass is 10.1. The molecule has 0 aliphatic rings. The van der Waals surface area contributed by atoms with E-state index in [0.29, 0.717) is 11.3 Å². The number of phenols is 1. The van der Waals surface area contributed by atoms with Crippen LogP contribution >= 0.6 is 0 Å². The Labute approximate surface area is 129 Å². The lowest BCUT2D eigenvalue weighted by molar-refractivity contribution is 0.104. The van der Waals surface area contributed by atoms with Gasteiger partial charge >= 0.3 is 0 Å². The van der Waals surface area contributed by atoms with Crippen molar-refractivity contribution < 1.29 is 18.3 Å². The second kappa shape index (κ2) is 6.44. The molecular formula is C16H15NO4S. The average molecular weight is 317 g/mol. The van der Waals surface area contributed by atoms with E-state index in [4.69, 9.17) is 0 Å². The number of hydrogen-bond acceptors (Lipinski definition) is 4. The summed E-state index contributed by atoms with van der Waals surface area (Å²) in [5, 5.41) is 9.19. The Kier molecular flexibility index (Phi) is 4.62. The smallest absolute Gasteiger partial charge is 0.229 e. The summed E-state index contributed by atoms with van der Waals surface area (Å²) in [4.78, 5) is 12.1. The third-order valence-corrected chi connectivity index (χ3v) is 3.38. The molecule has 0 heterocycles. The maximum atomic E-state index is 12.1. The van der Waals surface area contributed by atoms with Gasteiger partial charge in [-0.25, -0.2) is 8.42 Å². The fourth-order valence-electron chi connectivity index (χ4n) is 1.80. The van der Waals surface area contributed by atoms with Crippen molar-refractivity contribution in [3.63, 3.8) is 0 Å². The average Bonchev–Trinajstić information content (AvgIpc) is 2.45. The zero-order chi connectivity index (χ0) is 16.2. The molecule has 2 rings (SSSR count). The summed E-state index contributed by atoms with van der Waals surface area (Å²) >= 11 is 0. The molecule has 0 aliphatic heterocycles. The van der Waals surface area contributed by atoms with E-state index in [9.17, 15) is 18.3 Å². The second-order valence-corrected chi connectivity index (χ2v) is 6.49. The molecule has 22 heavy (non-hydrogen) atoms. The fraction of sp³-hybridized carbons (Fsp3) is 0.0625. The van der Waals surface area contributed by atoms with Gasteiger partial charge in [-0.15, -0.1) is 0 Å². The van der Waals surface area contributed by atoms with Crippen LogP contribution in [-0.2, 0) is 10.0 Å². The zero-order valence-corrected chi connectivity index (χ0v) is 12.7. The van der Waals surface area contributed by atoms with Gasteiger partial charge in [-0.05, 0) is 35.9 Å². The number of nitrogens with one attached hydrogen (secondary N) is 1. The molecule has 2 aromatic rings. The van der Waals surface area contributed by atoms with Crippen molar-refractivity contribution in [2.24, 2.45) is 0 Å². The van der Waals surface area contributed by atoms with E-state index in [-0.39, 0.29) is 11.5 Å². The monoisotopic (exact) mass is 317 g/mol. The highest BCUT2D eigenvalue weighted by Crippen LogP contribution is 2.14. The largest absolute Gasteiger partial charge is 0.508 e. The fourth-order valence-corrected chi connectivity index (χ4v) is 2.36. The molecule has 0 atom stereocenters. The SMILES string of the molecule is CS(=O)(=O)Nc1cccc(C(=O)/C=C/c2ccc(O)cc2)c1. The van der Waals surface area contributed by atoms with Crippen LogP contribution in [0, 0.1) is 0 Å². The van der Waals surface area contributed by atoms with Crippen LogP contribution in [0.1, 0.15) is 15.9 Å². The van der Waals surface area contributed by atoms with Crippen molar-refractivity contribution in [1.29, 1.82) is 0 Å². The van der Waals surface area contributed by atoms with E-state index >= 15 is 0 Å². The highest BCUT2D eigenvalue weighted by Gasteiger charge is 2.06. The van der Waals surface area contributed by atoms with Crippen molar-refractivity contribution in [2.45, 2.75) is 0 Å². The van der Waals surface area contributed by atoms with Crippen molar-refractivity contribution in [3.8, 4) is 5.75 Å². The normalized spacial score (nSPS) is 11.5. The van der Waals surface area contributed by atoms with Crippen LogP contribution in [0.2, 0.25) is 0 Å². The molecule has 0 aromatic heterocycles. The van der Waals surface area contributed by atoms with Gasteiger partial charge in [0.2, 0.25) is 10.0 Å². The highest BCUT2D eigenvalue weighted by atomic mass is 32.2. The van der Waals surface area contributed by atoms with Gasteiger partial charge < -0.3 is 5.11 Å². The Balaban J connectivity index is 2.15. The summed E-state index contributed by atoms with van der Waals surface area (Å²) in [5.41, 5.74) is 1.49. The molecule has 2 N–H and O–H groups in total. The molecule has 0 bridgehead atoms. The molecule has 6 heteroatoms. The van der Waals surface area contributed by atoms with Gasteiger partial charge in [-0.3, -0.25) is 9.52 Å². The number of carbonyl (C=O) groups is 1. The second-order valence-electron chi connectivity index (χ2n) is 4.74. The van der Waals surface area contributed by atoms with Gasteiger partial charge in [-0.1, -0.05) is 30.3 Å². The number of allylic oxidation sites excluding steroid dienone is 1. The molecule has 0 fully saturated rings. The zero-order valence-electron chi connectivity index (χ0n) is 11.9. The summed E-state index contributed by atoms with van der Waals surface area (Å²) in [6.07, 6.45) is 4.07. The van der Waals surface area contributed by atoms with E-state index in [1.54, 1.807) is 36.4 Å². The number of sulfonamides is 1. The topological polar surface area (TPSA) is 83.5 Å². The van der Waals surface area contributed by atoms with Crippen LogP contribution in [0.25, 0.3) is 6.08 Å². The van der Waals surface area contributed by atoms with Crippen LogP contribution in [0.4, 0.5) is 5.69 Å². The lowest BCUT2D eigenvalue weighted by Gasteiger charge is -2.04. The van der Waals surface area contributed by atoms with E-state index in [2.05, 4.69) is 4.72 Å². The van der Waals surface area contributed by atoms with Gasteiger partial charge in [0.15, 0.2) is 5.78 Å². The van der Waals surface area contributed by atoms with Crippen LogP contribution in [0.5, 0.6) is 5.75 Å². The predicted molar refractivity (Wildman–Crippen MR) is 86.4 cm³/mol. The molecule has 0 amide bonds. The van der Waals surface area contributed by atoms with E-state index in [1.165, 1.54) is 24.3 Å². The van der Waals surface area contributed by atoms with Crippen LogP contribution in [-0.4, -0.2) is 25.6 Å². The molecule has 0 radical (unpaired) electrons. The predicted octanol–water partition coefficient (Wildman–Crippen LogP) is 2.66. The minimum atomic E-state index is -3.38. The molecule has 0 saturated heterocycles. The number of ketones is 1. The number of aromatic hydroxyl groups is 1. The van der Waals surface area contributed by atoms with Gasteiger partial charge in [0.1, 0.15) is 5.75 Å². The number of carbonyl (C=O) groups excluding carboxylic acids is 1. The van der Waals surface area contributed by atoms with Gasteiger partial charge in [0.25, 0.3) is 0 Å². The Hall–Kier alpha value is -2.60. The third kappa shape index (κ3) is 4.75. The minimum absolute atomic E-state index is 0.156. The molecule has 0 saturated carbocycles. The van der Waals surface area contributed by atoms with Crippen molar-refractivity contribution >= 4 is 27.6 Å². The Morgan fingerprint density at radius 3 is 2.45 bits per heavy atom. The summed E-state index contributed by atoms with van der Waals surface area (Å²) < 4.78 is 24.7. The number of anilines is 1. The number of phenolic OH excluding ortho intramolecular Hbond substituents is 1. The van der Waals surface area contributed by atoms with Crippen molar-refractivity contribution in [3.05, 3.63) is 65.7 Å². The maximum Gasteiger partial charge on any atom is 0.229 e. The summed E-state index contributed by atoms with van der Waals surface area (Å²) in [6, 6.07) is 12.7. The van der Waals surface area contributed by atoms with Gasteiger partial charge in [0, 0.05) is 11.3 Å². The first kappa shape index (κ1) is 15.8. The number of rotatable bonds is 5. The number of benzene rings is 2. The van der Waals surface area contributed by atoms with Crippen LogP contribution in [0.15, 0.2) is 54.6 Å². The van der Waals surface area contributed by atoms with Gasteiger partial charge in [0.05, 0.1) is 6.26 Å². The molecular weight excluding hydrogens is 302 g/mol. The first-order chi connectivity index (χ1) is 10.3. The maximum absolute atomic E-state index is 12.1. The number of hydrogen-bond donors (Lipinski definition) is 2. The Morgan fingerprint density at radius 2 is 1.82 bits per heavy atom. The van der Waals surface area contributed by atoms with Crippen LogP contribution < -0.4 is 4.72 Å². The van der Waals surface area contributed by atoms with Crippen molar-refractivity contribution in [2.75, 3.05) is 11.0 Å². The molecule has 0 unspecified atom stereocenters. The molecule has 2 aromatic carbocycles. The first-order valence-corrected chi connectivity index (χ1v) is 8.32. The third-order valence-electron chi connectivity index (χ3n) is 2.77. The summed E-state index contributed by atoms with van der Waals surface area (Å²) in [6.45, 7) is 0. The Bertz CT molecular complexity index is 808. The molecule has 114 valence electrons. The quantitative estimate of drug-likeness (QED) is 0.656. The molecule has 0 aliphatic carbocycles. The molecule has 5 nitrogen and oxygen atoms in total. The first-order valence-electron chi connectivity index (χ1n) is 6.43. The summed E-state index contributed by atoms with van der Waals surface area (Å²) in [5.74, 6) is -0.0896. The highest BCUT2D eigenvalue weighted by molar-refractivity contribution is 7.92. The lowest BCUT2D eigenvalue weighted by Crippen LogP contribution is -2.10. The van der Waals surface area contributed by atoms with E-state index in [1.807, 2.05) is 0 Å². The standard InChI is InChI=1S/C16H15NO4S/c1-22(20,21)17-14-4-2-3-13(11-14)16(19)10-7-12-5-8-15(18)9-6-12/h2-11,17-18H,1H3/b10-7+. The molecule has 0 spiro atoms. The van der Waals surface area contributed by atoms with Gasteiger partial charge in [-0.2, -0.15) is 0 Å². The summed E-state index contributed by atoms with van der Waals surface area (Å²) in [7, 11) is -3.38. The van der Waals surface area contributed by atoms with Crippen LogP contribution in [0.3, 0.4) is 0 Å². The van der Waals surface area contributed by atoms with Crippen molar-refractivity contribution in [1.82, 2.24) is 0 Å². The van der Waals surface area contributed by atoms with E-state index < -0.39 is 10.0 Å². The minimum Gasteiger partial charge on any atom is -0.508 e. The van der Waals surface area contributed by atoms with E-state index in [0.717, 1.165) is 11.8 Å². The Morgan fingerprint density at radius 1 is 1.14 bits per heavy atom.